The number of carbonyl (C=O) groups is 1. The number of quaternary nitrogens is 1. The molecule has 1 aromatic carbocycles. The standard InChI is InChI=1S/C19H22N4O3S/c1-14-5-7-15(8-6-14)20-17(24)12-23(9-10-25-2)13-18-21-22-19(26-18)16-4-3-11-27-16/h3-8,11H,9-10,12-13H2,1-2H3,(H,20,24)/p+1. The van der Waals surface area contributed by atoms with E-state index in [2.05, 4.69) is 15.5 Å². The van der Waals surface area contributed by atoms with Gasteiger partial charge in [0.1, 0.15) is 6.54 Å². The quantitative estimate of drug-likeness (QED) is 0.585. The van der Waals surface area contributed by atoms with Crippen molar-refractivity contribution >= 4 is 22.9 Å². The molecule has 2 N–H and O–H groups in total. The highest BCUT2D eigenvalue weighted by molar-refractivity contribution is 7.13. The van der Waals surface area contributed by atoms with Crippen LogP contribution in [0.4, 0.5) is 5.69 Å². The van der Waals surface area contributed by atoms with Crippen molar-refractivity contribution < 1.29 is 18.8 Å². The number of thiophene rings is 1. The van der Waals surface area contributed by atoms with Crippen molar-refractivity contribution in [1.29, 1.82) is 0 Å². The number of nitrogens with one attached hydrogen (secondary N) is 2. The van der Waals surface area contributed by atoms with Crippen molar-refractivity contribution in [1.82, 2.24) is 10.2 Å². The summed E-state index contributed by atoms with van der Waals surface area (Å²) in [6.07, 6.45) is 0. The summed E-state index contributed by atoms with van der Waals surface area (Å²) in [5, 5.41) is 13.1. The van der Waals surface area contributed by atoms with Crippen molar-refractivity contribution in [2.75, 3.05) is 32.1 Å². The lowest BCUT2D eigenvalue weighted by Crippen LogP contribution is -3.12. The second kappa shape index (κ2) is 9.40. The molecule has 3 aromatic rings. The topological polar surface area (TPSA) is 81.7 Å². The Morgan fingerprint density at radius 2 is 2.07 bits per heavy atom. The van der Waals surface area contributed by atoms with Crippen LogP contribution < -0.4 is 10.2 Å². The maximum atomic E-state index is 12.4. The zero-order chi connectivity index (χ0) is 19.1. The third-order valence-corrected chi connectivity index (χ3v) is 4.86. The van der Waals surface area contributed by atoms with Gasteiger partial charge in [-0.1, -0.05) is 23.8 Å². The molecule has 0 saturated carbocycles. The molecule has 27 heavy (non-hydrogen) atoms. The first-order chi connectivity index (χ1) is 13.1. The zero-order valence-corrected chi connectivity index (χ0v) is 16.2. The van der Waals surface area contributed by atoms with E-state index in [9.17, 15) is 4.79 Å². The Morgan fingerprint density at radius 1 is 1.26 bits per heavy atom. The van der Waals surface area contributed by atoms with Crippen LogP contribution in [0.1, 0.15) is 11.5 Å². The fourth-order valence-electron chi connectivity index (χ4n) is 2.59. The van der Waals surface area contributed by atoms with Crippen molar-refractivity contribution in [3.8, 4) is 10.8 Å². The molecule has 0 aliphatic rings. The van der Waals surface area contributed by atoms with Gasteiger partial charge in [0.05, 0.1) is 11.5 Å². The number of hydrogen-bond donors (Lipinski definition) is 2. The van der Waals surface area contributed by atoms with E-state index >= 15 is 0 Å². The van der Waals surface area contributed by atoms with Gasteiger partial charge in [-0.2, -0.15) is 0 Å². The molecule has 0 spiro atoms. The SMILES string of the molecule is COCC[NH+](CC(=O)Nc1ccc(C)cc1)Cc1nnc(-c2cccs2)o1. The number of hydrogen-bond acceptors (Lipinski definition) is 6. The number of aryl methyl sites for hydroxylation is 1. The maximum Gasteiger partial charge on any atom is 0.279 e. The maximum absolute atomic E-state index is 12.4. The molecule has 0 aliphatic carbocycles. The minimum absolute atomic E-state index is 0.0667. The number of benzene rings is 1. The Balaban J connectivity index is 1.61. The summed E-state index contributed by atoms with van der Waals surface area (Å²) < 4.78 is 10.9. The lowest BCUT2D eigenvalue weighted by Gasteiger charge is -2.17. The lowest BCUT2D eigenvalue weighted by atomic mass is 10.2. The molecule has 8 heteroatoms. The highest BCUT2D eigenvalue weighted by Gasteiger charge is 2.19. The molecule has 1 unspecified atom stereocenters. The van der Waals surface area contributed by atoms with Gasteiger partial charge in [0.25, 0.3) is 17.7 Å². The Morgan fingerprint density at radius 3 is 2.78 bits per heavy atom. The Kier molecular flexibility index (Phi) is 6.69. The summed E-state index contributed by atoms with van der Waals surface area (Å²) >= 11 is 1.55. The fourth-order valence-corrected chi connectivity index (χ4v) is 3.24. The van der Waals surface area contributed by atoms with Gasteiger partial charge in [0, 0.05) is 12.8 Å². The summed E-state index contributed by atoms with van der Waals surface area (Å²) in [6, 6.07) is 11.6. The molecule has 0 saturated heterocycles. The third-order valence-electron chi connectivity index (χ3n) is 4.01. The molecule has 0 aliphatic heterocycles. The number of anilines is 1. The first kappa shape index (κ1) is 19.2. The second-order valence-electron chi connectivity index (χ2n) is 6.24. The van der Waals surface area contributed by atoms with Crippen LogP contribution in [0.2, 0.25) is 0 Å². The van der Waals surface area contributed by atoms with Gasteiger partial charge in [-0.25, -0.2) is 0 Å². The molecule has 2 heterocycles. The van der Waals surface area contributed by atoms with Gasteiger partial charge in [-0.3, -0.25) is 4.79 Å². The van der Waals surface area contributed by atoms with Crippen LogP contribution >= 0.6 is 11.3 Å². The fraction of sp³-hybridized carbons (Fsp3) is 0.316. The van der Waals surface area contributed by atoms with E-state index in [4.69, 9.17) is 9.15 Å². The molecule has 7 nitrogen and oxygen atoms in total. The first-order valence-corrected chi connectivity index (χ1v) is 9.57. The molecule has 1 atom stereocenters. The predicted octanol–water partition coefficient (Wildman–Crippen LogP) is 1.78. The van der Waals surface area contributed by atoms with Gasteiger partial charge < -0.3 is 19.4 Å². The smallest absolute Gasteiger partial charge is 0.279 e. The third kappa shape index (κ3) is 5.72. The largest absolute Gasteiger partial charge is 0.414 e. The van der Waals surface area contributed by atoms with Gasteiger partial charge in [0.15, 0.2) is 13.1 Å². The number of rotatable bonds is 9. The van der Waals surface area contributed by atoms with Crippen LogP contribution in [0, 0.1) is 6.92 Å². The summed E-state index contributed by atoms with van der Waals surface area (Å²) in [6.45, 7) is 3.96. The highest BCUT2D eigenvalue weighted by atomic mass is 32.1. The Labute approximate surface area is 162 Å². The summed E-state index contributed by atoms with van der Waals surface area (Å²) in [5.41, 5.74) is 1.94. The van der Waals surface area contributed by atoms with Crippen LogP contribution in [0.5, 0.6) is 0 Å². The molecule has 3 rings (SSSR count). The van der Waals surface area contributed by atoms with Crippen molar-refractivity contribution in [2.24, 2.45) is 0 Å². The molecule has 0 radical (unpaired) electrons. The van der Waals surface area contributed by atoms with Gasteiger partial charge in [0.2, 0.25) is 0 Å². The van der Waals surface area contributed by atoms with Crippen LogP contribution in [0.3, 0.4) is 0 Å². The van der Waals surface area contributed by atoms with Crippen LogP contribution in [0.15, 0.2) is 46.2 Å². The molecule has 2 aromatic heterocycles. The monoisotopic (exact) mass is 387 g/mol. The normalized spacial score (nSPS) is 12.1. The molecule has 142 valence electrons. The molecular formula is C19H23N4O3S+. The van der Waals surface area contributed by atoms with E-state index < -0.39 is 0 Å². The molecule has 1 amide bonds. The van der Waals surface area contributed by atoms with Gasteiger partial charge >= 0.3 is 0 Å². The van der Waals surface area contributed by atoms with Crippen LogP contribution in [-0.4, -0.2) is 42.9 Å². The molecular weight excluding hydrogens is 364 g/mol. The van der Waals surface area contributed by atoms with E-state index in [0.717, 1.165) is 21.0 Å². The Hall–Kier alpha value is -2.55. The zero-order valence-electron chi connectivity index (χ0n) is 15.4. The average Bonchev–Trinajstić information content (AvgIpc) is 3.33. The van der Waals surface area contributed by atoms with Crippen LogP contribution in [0.25, 0.3) is 10.8 Å². The highest BCUT2D eigenvalue weighted by Crippen LogP contribution is 2.22. The van der Waals surface area contributed by atoms with Gasteiger partial charge in [-0.05, 0) is 30.5 Å². The Bertz CT molecular complexity index is 846. The second-order valence-corrected chi connectivity index (χ2v) is 7.19. The van der Waals surface area contributed by atoms with Crippen molar-refractivity contribution in [3.05, 3.63) is 53.2 Å². The average molecular weight is 387 g/mol. The van der Waals surface area contributed by atoms with E-state index in [-0.39, 0.29) is 12.5 Å². The van der Waals surface area contributed by atoms with E-state index in [1.807, 2.05) is 48.7 Å². The van der Waals surface area contributed by atoms with Crippen molar-refractivity contribution in [2.45, 2.75) is 13.5 Å². The lowest BCUT2D eigenvalue weighted by molar-refractivity contribution is -0.907. The number of carbonyl (C=O) groups excluding carboxylic acids is 1. The predicted molar refractivity (Wildman–Crippen MR) is 104 cm³/mol. The molecule has 0 fully saturated rings. The minimum Gasteiger partial charge on any atom is -0.414 e. The summed E-state index contributed by atoms with van der Waals surface area (Å²) in [5.74, 6) is 0.950. The van der Waals surface area contributed by atoms with E-state index in [1.54, 1.807) is 18.4 Å². The summed E-state index contributed by atoms with van der Waals surface area (Å²) in [4.78, 5) is 14.3. The van der Waals surface area contributed by atoms with E-state index in [1.165, 1.54) is 0 Å². The molecule has 0 bridgehead atoms. The summed E-state index contributed by atoms with van der Waals surface area (Å²) in [7, 11) is 1.64. The van der Waals surface area contributed by atoms with Gasteiger partial charge in [-0.15, -0.1) is 21.5 Å². The number of amides is 1. The van der Waals surface area contributed by atoms with Crippen molar-refractivity contribution in [3.63, 3.8) is 0 Å². The number of aromatic nitrogens is 2. The van der Waals surface area contributed by atoms with Crippen LogP contribution in [-0.2, 0) is 16.1 Å². The first-order valence-electron chi connectivity index (χ1n) is 8.69. The number of ether oxygens (including phenoxy) is 1. The minimum atomic E-state index is -0.0667. The van der Waals surface area contributed by atoms with E-state index in [0.29, 0.717) is 31.5 Å². The number of methoxy groups -OCH3 is 1. The number of nitrogens with zero attached hydrogens (tertiary/aromatic N) is 2.